The second-order valence-electron chi connectivity index (χ2n) is 4.88. The molecule has 2 N–H and O–H groups in total. The van der Waals surface area contributed by atoms with Crippen molar-refractivity contribution in [1.29, 1.82) is 0 Å². The van der Waals surface area contributed by atoms with Gasteiger partial charge in [0.05, 0.1) is 12.5 Å². The third kappa shape index (κ3) is 3.06. The van der Waals surface area contributed by atoms with E-state index in [-0.39, 0.29) is 17.9 Å². The minimum Gasteiger partial charge on any atom is -0.351 e. The molecule has 94 valence electrons. The summed E-state index contributed by atoms with van der Waals surface area (Å²) in [6.07, 6.45) is 3.65. The van der Waals surface area contributed by atoms with Crippen LogP contribution >= 0.6 is 0 Å². The Balaban J connectivity index is 1.82. The predicted molar refractivity (Wildman–Crippen MR) is 65.4 cm³/mol. The van der Waals surface area contributed by atoms with Crippen LogP contribution in [-0.4, -0.2) is 34.8 Å². The first-order valence-corrected chi connectivity index (χ1v) is 6.15. The zero-order chi connectivity index (χ0) is 12.3. The molecular weight excluding hydrogens is 216 g/mol. The molecule has 0 aliphatic carbocycles. The highest BCUT2D eigenvalue weighted by Crippen LogP contribution is 2.15. The summed E-state index contributed by atoms with van der Waals surface area (Å²) in [5.41, 5.74) is 0. The Kier molecular flexibility index (Phi) is 3.78. The van der Waals surface area contributed by atoms with Crippen molar-refractivity contribution in [3.8, 4) is 0 Å². The van der Waals surface area contributed by atoms with E-state index in [9.17, 15) is 4.79 Å². The monoisotopic (exact) mass is 236 g/mol. The fourth-order valence-corrected chi connectivity index (χ4v) is 2.25. The number of carbonyl (C=O) groups is 1. The van der Waals surface area contributed by atoms with E-state index in [0.29, 0.717) is 12.5 Å². The van der Waals surface area contributed by atoms with E-state index < -0.39 is 0 Å². The van der Waals surface area contributed by atoms with E-state index in [1.807, 2.05) is 23.9 Å². The minimum absolute atomic E-state index is 0.107. The van der Waals surface area contributed by atoms with Gasteiger partial charge in [0.2, 0.25) is 5.91 Å². The molecule has 5 nitrogen and oxygen atoms in total. The van der Waals surface area contributed by atoms with Crippen LogP contribution in [-0.2, 0) is 11.3 Å². The van der Waals surface area contributed by atoms with Crippen molar-refractivity contribution in [2.75, 3.05) is 13.1 Å². The number of nitrogens with one attached hydrogen (secondary N) is 2. The SMILES string of the molecule is CC(Cn1cccn1)NC(=O)C1CNCC1C. The molecule has 0 bridgehead atoms. The lowest BCUT2D eigenvalue weighted by Crippen LogP contribution is -2.41. The van der Waals surface area contributed by atoms with Gasteiger partial charge in [0, 0.05) is 25.0 Å². The maximum atomic E-state index is 12.0. The molecule has 3 unspecified atom stereocenters. The predicted octanol–water partition coefficient (Wildman–Crippen LogP) is 0.243. The molecule has 17 heavy (non-hydrogen) atoms. The number of hydrogen-bond acceptors (Lipinski definition) is 3. The highest BCUT2D eigenvalue weighted by molar-refractivity contribution is 5.79. The number of carbonyl (C=O) groups excluding carboxylic acids is 1. The molecule has 1 aromatic rings. The van der Waals surface area contributed by atoms with Crippen molar-refractivity contribution in [2.45, 2.75) is 26.4 Å². The number of rotatable bonds is 4. The summed E-state index contributed by atoms with van der Waals surface area (Å²) < 4.78 is 1.83. The van der Waals surface area contributed by atoms with Crippen molar-refractivity contribution in [3.05, 3.63) is 18.5 Å². The largest absolute Gasteiger partial charge is 0.351 e. The second kappa shape index (κ2) is 5.31. The molecule has 0 radical (unpaired) electrons. The fraction of sp³-hybridized carbons (Fsp3) is 0.667. The fourth-order valence-electron chi connectivity index (χ4n) is 2.25. The third-order valence-corrected chi connectivity index (χ3v) is 3.26. The highest BCUT2D eigenvalue weighted by Gasteiger charge is 2.29. The van der Waals surface area contributed by atoms with Gasteiger partial charge in [-0.05, 0) is 25.5 Å². The van der Waals surface area contributed by atoms with E-state index in [4.69, 9.17) is 0 Å². The van der Waals surface area contributed by atoms with Gasteiger partial charge in [0.25, 0.3) is 0 Å². The zero-order valence-corrected chi connectivity index (χ0v) is 10.4. The van der Waals surface area contributed by atoms with E-state index in [1.165, 1.54) is 0 Å². The Morgan fingerprint density at radius 2 is 2.47 bits per heavy atom. The minimum atomic E-state index is 0.107. The summed E-state index contributed by atoms with van der Waals surface area (Å²) in [6, 6.07) is 1.99. The number of aromatic nitrogens is 2. The van der Waals surface area contributed by atoms with Gasteiger partial charge in [0.15, 0.2) is 0 Å². The molecule has 1 aliphatic rings. The number of hydrogen-bond donors (Lipinski definition) is 2. The molecule has 0 spiro atoms. The maximum Gasteiger partial charge on any atom is 0.224 e. The summed E-state index contributed by atoms with van der Waals surface area (Å²) in [4.78, 5) is 12.0. The molecule has 1 aromatic heterocycles. The van der Waals surface area contributed by atoms with Gasteiger partial charge in [-0.3, -0.25) is 9.48 Å². The van der Waals surface area contributed by atoms with Gasteiger partial charge < -0.3 is 10.6 Å². The number of amides is 1. The average molecular weight is 236 g/mol. The molecule has 0 saturated carbocycles. The standard InChI is InChI=1S/C12H20N4O/c1-9-6-13-7-11(9)12(17)15-10(2)8-16-5-3-4-14-16/h3-5,9-11,13H,6-8H2,1-2H3,(H,15,17). The smallest absolute Gasteiger partial charge is 0.224 e. The zero-order valence-electron chi connectivity index (χ0n) is 10.4. The van der Waals surface area contributed by atoms with Crippen LogP contribution in [0.25, 0.3) is 0 Å². The Morgan fingerprint density at radius 1 is 1.65 bits per heavy atom. The van der Waals surface area contributed by atoms with Gasteiger partial charge in [-0.2, -0.15) is 5.10 Å². The van der Waals surface area contributed by atoms with Gasteiger partial charge >= 0.3 is 0 Å². The maximum absolute atomic E-state index is 12.0. The van der Waals surface area contributed by atoms with Crippen LogP contribution in [0.5, 0.6) is 0 Å². The first-order valence-electron chi connectivity index (χ1n) is 6.15. The van der Waals surface area contributed by atoms with Crippen LogP contribution in [0.4, 0.5) is 0 Å². The van der Waals surface area contributed by atoms with E-state index >= 15 is 0 Å². The van der Waals surface area contributed by atoms with Crippen LogP contribution in [0, 0.1) is 11.8 Å². The molecule has 2 heterocycles. The Morgan fingerprint density at radius 3 is 3.06 bits per heavy atom. The van der Waals surface area contributed by atoms with Crippen LogP contribution in [0.15, 0.2) is 18.5 Å². The third-order valence-electron chi connectivity index (χ3n) is 3.26. The molecule has 3 atom stereocenters. The summed E-state index contributed by atoms with van der Waals surface area (Å²) in [5, 5.41) is 10.4. The lowest BCUT2D eigenvalue weighted by atomic mass is 9.97. The van der Waals surface area contributed by atoms with Crippen molar-refractivity contribution in [1.82, 2.24) is 20.4 Å². The van der Waals surface area contributed by atoms with Crippen LogP contribution in [0.3, 0.4) is 0 Å². The van der Waals surface area contributed by atoms with Crippen molar-refractivity contribution < 1.29 is 4.79 Å². The van der Waals surface area contributed by atoms with Gasteiger partial charge in [-0.25, -0.2) is 0 Å². The topological polar surface area (TPSA) is 59.0 Å². The normalized spacial score (nSPS) is 25.8. The first kappa shape index (κ1) is 12.1. The molecule has 1 fully saturated rings. The van der Waals surface area contributed by atoms with Crippen molar-refractivity contribution in [3.63, 3.8) is 0 Å². The molecule has 0 aromatic carbocycles. The lowest BCUT2D eigenvalue weighted by Gasteiger charge is -2.19. The first-order chi connectivity index (χ1) is 8.16. The second-order valence-corrected chi connectivity index (χ2v) is 4.88. The highest BCUT2D eigenvalue weighted by atomic mass is 16.2. The number of nitrogens with zero attached hydrogens (tertiary/aromatic N) is 2. The van der Waals surface area contributed by atoms with Crippen LogP contribution in [0.1, 0.15) is 13.8 Å². The quantitative estimate of drug-likeness (QED) is 0.787. The van der Waals surface area contributed by atoms with Gasteiger partial charge in [-0.1, -0.05) is 6.92 Å². The molecule has 2 rings (SSSR count). The van der Waals surface area contributed by atoms with Crippen LogP contribution in [0.2, 0.25) is 0 Å². The molecule has 1 aliphatic heterocycles. The summed E-state index contributed by atoms with van der Waals surface area (Å²) >= 11 is 0. The molecule has 1 saturated heterocycles. The van der Waals surface area contributed by atoms with Gasteiger partial charge in [0.1, 0.15) is 0 Å². The van der Waals surface area contributed by atoms with E-state index in [2.05, 4.69) is 22.7 Å². The van der Waals surface area contributed by atoms with Crippen molar-refractivity contribution >= 4 is 5.91 Å². The summed E-state index contributed by atoms with van der Waals surface area (Å²) in [7, 11) is 0. The molecule has 5 heteroatoms. The van der Waals surface area contributed by atoms with Crippen molar-refractivity contribution in [2.24, 2.45) is 11.8 Å². The van der Waals surface area contributed by atoms with Gasteiger partial charge in [-0.15, -0.1) is 0 Å². The Bertz CT molecular complexity index is 363. The summed E-state index contributed by atoms with van der Waals surface area (Å²) in [5.74, 6) is 0.684. The lowest BCUT2D eigenvalue weighted by molar-refractivity contribution is -0.126. The Hall–Kier alpha value is -1.36. The molecule has 1 amide bonds. The molecular formula is C12H20N4O. The Labute approximate surface area is 102 Å². The van der Waals surface area contributed by atoms with E-state index in [1.54, 1.807) is 6.20 Å². The average Bonchev–Trinajstić information content (AvgIpc) is 2.88. The van der Waals surface area contributed by atoms with E-state index in [0.717, 1.165) is 13.1 Å². The summed E-state index contributed by atoms with van der Waals surface area (Å²) in [6.45, 7) is 6.56. The van der Waals surface area contributed by atoms with Crippen LogP contribution < -0.4 is 10.6 Å².